The number of hydrazone groups is 1. The van der Waals surface area contributed by atoms with Gasteiger partial charge in [0.25, 0.3) is 0 Å². The highest BCUT2D eigenvalue weighted by molar-refractivity contribution is 6.34. The lowest BCUT2D eigenvalue weighted by atomic mass is 10.1. The maximum absolute atomic E-state index is 12.5. The van der Waals surface area contributed by atoms with Crippen molar-refractivity contribution in [2.24, 2.45) is 5.10 Å². The Morgan fingerprint density at radius 3 is 2.57 bits per heavy atom. The van der Waals surface area contributed by atoms with E-state index in [0.717, 1.165) is 12.1 Å². The normalized spacial score (nSPS) is 14.7. The molecule has 1 N–H and O–H groups in total. The lowest BCUT2D eigenvalue weighted by Crippen LogP contribution is -2.12. The Balaban J connectivity index is 2.59. The van der Waals surface area contributed by atoms with Crippen LogP contribution in [-0.2, 0) is 6.18 Å². The van der Waals surface area contributed by atoms with Gasteiger partial charge in [0.2, 0.25) is 0 Å². The number of alkyl halides is 3. The second kappa shape index (κ2) is 2.88. The van der Waals surface area contributed by atoms with Crippen molar-refractivity contribution in [3.63, 3.8) is 0 Å². The highest BCUT2D eigenvalue weighted by Gasteiger charge is 2.37. The van der Waals surface area contributed by atoms with E-state index in [9.17, 15) is 13.2 Å². The highest BCUT2D eigenvalue weighted by Crippen LogP contribution is 2.35. The van der Waals surface area contributed by atoms with E-state index in [1.807, 2.05) is 0 Å². The summed E-state index contributed by atoms with van der Waals surface area (Å²) >= 11 is 5.59. The maximum atomic E-state index is 12.5. The third kappa shape index (κ3) is 1.55. The number of rotatable bonds is 1. The molecule has 0 saturated heterocycles. The summed E-state index contributed by atoms with van der Waals surface area (Å²) < 4.78 is 37.4. The van der Waals surface area contributed by atoms with Crippen molar-refractivity contribution in [3.8, 4) is 0 Å². The summed E-state index contributed by atoms with van der Waals surface area (Å²) in [7, 11) is 0. The average molecular weight is 220 g/mol. The van der Waals surface area contributed by atoms with Gasteiger partial charge in [-0.3, -0.25) is 5.43 Å². The zero-order chi connectivity index (χ0) is 10.3. The van der Waals surface area contributed by atoms with Gasteiger partial charge < -0.3 is 0 Å². The molecular formula is C8H3ClF3N2. The SMILES string of the molecule is FC(F)(F)c1cc[c]c(Cl)c1C1=NN1. The quantitative estimate of drug-likeness (QED) is 0.773. The monoisotopic (exact) mass is 219 g/mol. The summed E-state index contributed by atoms with van der Waals surface area (Å²) in [6.07, 6.45) is -4.43. The van der Waals surface area contributed by atoms with Gasteiger partial charge in [-0.05, 0) is 6.07 Å². The number of nitrogens with one attached hydrogen (secondary N) is 1. The molecular weight excluding hydrogens is 217 g/mol. The van der Waals surface area contributed by atoms with Crippen molar-refractivity contribution < 1.29 is 13.2 Å². The van der Waals surface area contributed by atoms with E-state index < -0.39 is 11.7 Å². The fourth-order valence-electron chi connectivity index (χ4n) is 1.08. The van der Waals surface area contributed by atoms with Crippen LogP contribution in [0.15, 0.2) is 17.2 Å². The van der Waals surface area contributed by atoms with Crippen LogP contribution in [0.5, 0.6) is 0 Å². The Morgan fingerprint density at radius 1 is 1.43 bits per heavy atom. The van der Waals surface area contributed by atoms with Crippen molar-refractivity contribution >= 4 is 17.4 Å². The first-order valence-corrected chi connectivity index (χ1v) is 3.99. The predicted octanol–water partition coefficient (Wildman–Crippen LogP) is 2.42. The van der Waals surface area contributed by atoms with Gasteiger partial charge >= 0.3 is 6.18 Å². The van der Waals surface area contributed by atoms with Crippen LogP contribution >= 0.6 is 11.6 Å². The Morgan fingerprint density at radius 2 is 2.07 bits per heavy atom. The van der Waals surface area contributed by atoms with E-state index in [-0.39, 0.29) is 16.4 Å². The molecule has 0 unspecified atom stereocenters. The first-order chi connectivity index (χ1) is 6.50. The summed E-state index contributed by atoms with van der Waals surface area (Å²) in [6, 6.07) is 4.54. The minimum absolute atomic E-state index is 0.0800. The van der Waals surface area contributed by atoms with Crippen molar-refractivity contribution in [1.82, 2.24) is 5.43 Å². The molecule has 14 heavy (non-hydrogen) atoms. The summed E-state index contributed by atoms with van der Waals surface area (Å²) in [5.41, 5.74) is 1.40. The number of benzene rings is 1. The molecule has 1 radical (unpaired) electrons. The van der Waals surface area contributed by atoms with Crippen LogP contribution in [0.3, 0.4) is 0 Å². The Kier molecular flexibility index (Phi) is 1.92. The van der Waals surface area contributed by atoms with Gasteiger partial charge in [-0.25, -0.2) is 0 Å². The topological polar surface area (TPSA) is 34.3 Å². The molecule has 73 valence electrons. The minimum Gasteiger partial charge on any atom is -0.257 e. The van der Waals surface area contributed by atoms with Gasteiger partial charge in [0.1, 0.15) is 0 Å². The van der Waals surface area contributed by atoms with E-state index in [1.54, 1.807) is 0 Å². The van der Waals surface area contributed by atoms with E-state index in [0.29, 0.717) is 0 Å². The maximum Gasteiger partial charge on any atom is 0.417 e. The highest BCUT2D eigenvalue weighted by atomic mass is 35.5. The molecule has 0 saturated carbocycles. The van der Waals surface area contributed by atoms with Crippen LogP contribution in [-0.4, -0.2) is 5.84 Å². The van der Waals surface area contributed by atoms with Gasteiger partial charge in [0, 0.05) is 6.07 Å². The van der Waals surface area contributed by atoms with Gasteiger partial charge in [0.05, 0.1) is 16.1 Å². The molecule has 0 atom stereocenters. The first kappa shape index (κ1) is 9.33. The van der Waals surface area contributed by atoms with Crippen molar-refractivity contribution in [2.75, 3.05) is 0 Å². The molecule has 1 heterocycles. The minimum atomic E-state index is -4.43. The van der Waals surface area contributed by atoms with E-state index in [2.05, 4.69) is 16.6 Å². The van der Waals surface area contributed by atoms with Gasteiger partial charge in [-0.1, -0.05) is 17.7 Å². The van der Waals surface area contributed by atoms with Gasteiger partial charge in [0.15, 0.2) is 5.84 Å². The van der Waals surface area contributed by atoms with Gasteiger partial charge in [-0.2, -0.15) is 18.3 Å². The third-order valence-corrected chi connectivity index (χ3v) is 2.01. The Labute approximate surface area is 82.4 Å². The summed E-state index contributed by atoms with van der Waals surface area (Å²) in [6.45, 7) is 0. The lowest BCUT2D eigenvalue weighted by Gasteiger charge is -2.10. The molecule has 2 rings (SSSR count). The van der Waals surface area contributed by atoms with Crippen LogP contribution in [0, 0.1) is 6.07 Å². The average Bonchev–Trinajstić information content (AvgIpc) is 2.85. The van der Waals surface area contributed by atoms with E-state index >= 15 is 0 Å². The molecule has 0 aromatic heterocycles. The predicted molar refractivity (Wildman–Crippen MR) is 45.0 cm³/mol. The summed E-state index contributed by atoms with van der Waals surface area (Å²) in [5.74, 6) is 0.152. The summed E-state index contributed by atoms with van der Waals surface area (Å²) in [5, 5.41) is 3.39. The zero-order valence-corrected chi connectivity index (χ0v) is 7.37. The molecule has 6 heteroatoms. The molecule has 0 aliphatic carbocycles. The standard InChI is InChI=1S/C8H3ClF3N2/c9-5-3-1-2-4(8(10,11)12)6(5)7-13-14-7/h1-2H,(H,13,14). The molecule has 0 fully saturated rings. The Bertz CT molecular complexity index is 412. The van der Waals surface area contributed by atoms with Crippen molar-refractivity contribution in [3.05, 3.63) is 34.3 Å². The zero-order valence-electron chi connectivity index (χ0n) is 6.61. The first-order valence-electron chi connectivity index (χ1n) is 3.61. The molecule has 0 bridgehead atoms. The number of amidine groups is 1. The smallest absolute Gasteiger partial charge is 0.257 e. The molecule has 1 aliphatic heterocycles. The van der Waals surface area contributed by atoms with Crippen LogP contribution < -0.4 is 5.43 Å². The van der Waals surface area contributed by atoms with E-state index in [4.69, 9.17) is 11.6 Å². The van der Waals surface area contributed by atoms with Crippen LogP contribution in [0.4, 0.5) is 13.2 Å². The number of halogens is 4. The largest absolute Gasteiger partial charge is 0.417 e. The molecule has 2 nitrogen and oxygen atoms in total. The van der Waals surface area contributed by atoms with Crippen LogP contribution in [0.1, 0.15) is 11.1 Å². The molecule has 0 spiro atoms. The van der Waals surface area contributed by atoms with Gasteiger partial charge in [-0.15, -0.1) is 0 Å². The summed E-state index contributed by atoms with van der Waals surface area (Å²) in [4.78, 5) is 0. The number of nitrogens with zero attached hydrogens (tertiary/aromatic N) is 1. The molecule has 0 amide bonds. The fourth-order valence-corrected chi connectivity index (χ4v) is 1.33. The molecule has 1 aromatic rings. The molecule has 1 aliphatic rings. The fraction of sp³-hybridized carbons (Fsp3) is 0.125. The van der Waals surface area contributed by atoms with Crippen molar-refractivity contribution in [1.29, 1.82) is 0 Å². The second-order valence-electron chi connectivity index (χ2n) is 2.65. The van der Waals surface area contributed by atoms with Crippen LogP contribution in [0.2, 0.25) is 5.02 Å². The molecule has 1 aromatic carbocycles. The third-order valence-electron chi connectivity index (χ3n) is 1.71. The van der Waals surface area contributed by atoms with Crippen LogP contribution in [0.25, 0.3) is 0 Å². The lowest BCUT2D eigenvalue weighted by molar-refractivity contribution is -0.137. The van der Waals surface area contributed by atoms with Crippen molar-refractivity contribution in [2.45, 2.75) is 6.18 Å². The second-order valence-corrected chi connectivity index (χ2v) is 3.03. The number of hydrogen-bond donors (Lipinski definition) is 1. The Hall–Kier alpha value is -1.23. The number of hydrogen-bond acceptors (Lipinski definition) is 2. The van der Waals surface area contributed by atoms with E-state index in [1.165, 1.54) is 0 Å².